The zero-order valence-electron chi connectivity index (χ0n) is 15.8. The van der Waals surface area contributed by atoms with Crippen LogP contribution in [0.4, 0.5) is 0 Å². The first-order chi connectivity index (χ1) is 12.4. The molecule has 0 fully saturated rings. The Labute approximate surface area is 159 Å². The van der Waals surface area contributed by atoms with Gasteiger partial charge in [0.2, 0.25) is 5.75 Å². The monoisotopic (exact) mass is 372 g/mol. The average molecular weight is 372 g/mol. The molecule has 0 amide bonds. The maximum absolute atomic E-state index is 5.76. The van der Waals surface area contributed by atoms with Crippen molar-refractivity contribution in [3.63, 3.8) is 0 Å². The van der Waals surface area contributed by atoms with Crippen LogP contribution < -0.4 is 18.9 Å². The molecule has 2 aromatic carbocycles. The molecule has 0 unspecified atom stereocenters. The summed E-state index contributed by atoms with van der Waals surface area (Å²) in [7, 11) is 4.83. The van der Waals surface area contributed by atoms with Crippen LogP contribution >= 0.6 is 11.8 Å². The van der Waals surface area contributed by atoms with Crippen molar-refractivity contribution in [3.8, 4) is 35.3 Å². The molecule has 5 heteroatoms. The zero-order valence-corrected chi connectivity index (χ0v) is 16.6. The van der Waals surface area contributed by atoms with Crippen LogP contribution in [0.15, 0.2) is 41.3 Å². The highest BCUT2D eigenvalue weighted by Gasteiger charge is 2.16. The fourth-order valence-electron chi connectivity index (χ4n) is 2.31. The van der Waals surface area contributed by atoms with E-state index < -0.39 is 5.60 Å². The van der Waals surface area contributed by atoms with Crippen molar-refractivity contribution in [3.05, 3.63) is 42.0 Å². The normalized spacial score (nSPS) is 10.8. The lowest BCUT2D eigenvalue weighted by molar-refractivity contribution is 0.172. The SMILES string of the molecule is C#CC(C)(C)Oc1ccc(SCc2cc(OC)c(OC)c(OC)c2)cc1. The summed E-state index contributed by atoms with van der Waals surface area (Å²) >= 11 is 1.71. The smallest absolute Gasteiger partial charge is 0.203 e. The van der Waals surface area contributed by atoms with Crippen LogP contribution in [-0.4, -0.2) is 26.9 Å². The maximum Gasteiger partial charge on any atom is 0.203 e. The molecule has 0 atom stereocenters. The van der Waals surface area contributed by atoms with Gasteiger partial charge in [-0.15, -0.1) is 18.2 Å². The number of hydrogen-bond donors (Lipinski definition) is 0. The Morgan fingerprint density at radius 1 is 0.962 bits per heavy atom. The first-order valence-electron chi connectivity index (χ1n) is 8.11. The molecule has 0 aliphatic carbocycles. The fourth-order valence-corrected chi connectivity index (χ4v) is 3.14. The number of hydrogen-bond acceptors (Lipinski definition) is 5. The van der Waals surface area contributed by atoms with Gasteiger partial charge >= 0.3 is 0 Å². The number of ether oxygens (including phenoxy) is 4. The molecule has 138 valence electrons. The lowest BCUT2D eigenvalue weighted by atomic mass is 10.1. The molecule has 0 aliphatic heterocycles. The zero-order chi connectivity index (χ0) is 19.2. The van der Waals surface area contributed by atoms with E-state index in [9.17, 15) is 0 Å². The van der Waals surface area contributed by atoms with Gasteiger partial charge in [0.15, 0.2) is 17.1 Å². The van der Waals surface area contributed by atoms with Crippen LogP contribution in [-0.2, 0) is 5.75 Å². The van der Waals surface area contributed by atoms with E-state index in [4.69, 9.17) is 25.4 Å². The van der Waals surface area contributed by atoms with Crippen LogP contribution in [0.1, 0.15) is 19.4 Å². The highest BCUT2D eigenvalue weighted by molar-refractivity contribution is 7.98. The second kappa shape index (κ2) is 8.77. The summed E-state index contributed by atoms with van der Waals surface area (Å²) in [5.74, 6) is 6.06. The van der Waals surface area contributed by atoms with Crippen LogP contribution in [0, 0.1) is 12.3 Å². The summed E-state index contributed by atoms with van der Waals surface area (Å²) in [6, 6.07) is 11.8. The third-order valence-electron chi connectivity index (χ3n) is 3.67. The average Bonchev–Trinajstić information content (AvgIpc) is 2.66. The summed E-state index contributed by atoms with van der Waals surface area (Å²) in [6.45, 7) is 3.72. The molecular formula is C21H24O4S. The van der Waals surface area contributed by atoms with Gasteiger partial charge in [-0.3, -0.25) is 0 Å². The predicted octanol–water partition coefficient (Wildman–Crippen LogP) is 4.80. The second-order valence-corrected chi connectivity index (χ2v) is 7.10. The number of methoxy groups -OCH3 is 3. The van der Waals surface area contributed by atoms with E-state index in [0.717, 1.165) is 22.0 Å². The van der Waals surface area contributed by atoms with Crippen LogP contribution in [0.2, 0.25) is 0 Å². The Kier molecular flexibility index (Phi) is 6.70. The Hall–Kier alpha value is -2.45. The van der Waals surface area contributed by atoms with Gasteiger partial charge in [0, 0.05) is 10.6 Å². The quantitative estimate of drug-likeness (QED) is 0.492. The number of thioether (sulfide) groups is 1. The third-order valence-corrected chi connectivity index (χ3v) is 4.76. The predicted molar refractivity (Wildman–Crippen MR) is 106 cm³/mol. The minimum absolute atomic E-state index is 0.598. The van der Waals surface area contributed by atoms with E-state index in [2.05, 4.69) is 5.92 Å². The number of benzene rings is 2. The molecule has 2 aromatic rings. The van der Waals surface area contributed by atoms with Crippen LogP contribution in [0.3, 0.4) is 0 Å². The Morgan fingerprint density at radius 3 is 2.00 bits per heavy atom. The number of rotatable bonds is 8. The topological polar surface area (TPSA) is 36.9 Å². The van der Waals surface area contributed by atoms with Gasteiger partial charge < -0.3 is 18.9 Å². The first kappa shape index (κ1) is 19.9. The summed E-state index contributed by atoms with van der Waals surface area (Å²) in [5.41, 5.74) is 0.462. The summed E-state index contributed by atoms with van der Waals surface area (Å²) < 4.78 is 21.9. The molecule has 0 aliphatic rings. The van der Waals surface area contributed by atoms with Gasteiger partial charge in [-0.1, -0.05) is 5.92 Å². The highest BCUT2D eigenvalue weighted by Crippen LogP contribution is 2.39. The molecule has 0 N–H and O–H groups in total. The fraction of sp³-hybridized carbons (Fsp3) is 0.333. The van der Waals surface area contributed by atoms with Crippen molar-refractivity contribution in [2.45, 2.75) is 30.1 Å². The minimum atomic E-state index is -0.620. The minimum Gasteiger partial charge on any atom is -0.493 e. The highest BCUT2D eigenvalue weighted by atomic mass is 32.2. The molecule has 0 saturated heterocycles. The Morgan fingerprint density at radius 2 is 1.54 bits per heavy atom. The molecule has 0 radical (unpaired) electrons. The van der Waals surface area contributed by atoms with Crippen molar-refractivity contribution in [2.24, 2.45) is 0 Å². The van der Waals surface area contributed by atoms with Crippen molar-refractivity contribution < 1.29 is 18.9 Å². The maximum atomic E-state index is 5.76. The van der Waals surface area contributed by atoms with E-state index in [1.54, 1.807) is 33.1 Å². The van der Waals surface area contributed by atoms with Gasteiger partial charge in [-0.25, -0.2) is 0 Å². The van der Waals surface area contributed by atoms with E-state index in [0.29, 0.717) is 17.2 Å². The van der Waals surface area contributed by atoms with Crippen molar-refractivity contribution in [1.29, 1.82) is 0 Å². The molecule has 2 rings (SSSR count). The van der Waals surface area contributed by atoms with Gasteiger partial charge in [0.1, 0.15) is 5.75 Å². The molecule has 0 spiro atoms. The summed E-state index contributed by atoms with van der Waals surface area (Å²) in [4.78, 5) is 1.13. The van der Waals surface area contributed by atoms with Crippen molar-refractivity contribution in [2.75, 3.05) is 21.3 Å². The second-order valence-electron chi connectivity index (χ2n) is 6.05. The van der Waals surface area contributed by atoms with E-state index in [1.165, 1.54) is 0 Å². The van der Waals surface area contributed by atoms with Gasteiger partial charge in [-0.05, 0) is 55.8 Å². The lowest BCUT2D eigenvalue weighted by Crippen LogP contribution is -2.25. The van der Waals surface area contributed by atoms with Crippen molar-refractivity contribution in [1.82, 2.24) is 0 Å². The molecule has 26 heavy (non-hydrogen) atoms. The van der Waals surface area contributed by atoms with E-state index in [1.807, 2.05) is 50.2 Å². The van der Waals surface area contributed by atoms with Gasteiger partial charge in [-0.2, -0.15) is 0 Å². The van der Waals surface area contributed by atoms with E-state index >= 15 is 0 Å². The van der Waals surface area contributed by atoms with Gasteiger partial charge in [0.05, 0.1) is 21.3 Å². The molecule has 0 bridgehead atoms. The lowest BCUT2D eigenvalue weighted by Gasteiger charge is -2.20. The molecule has 4 nitrogen and oxygen atoms in total. The van der Waals surface area contributed by atoms with Crippen LogP contribution in [0.25, 0.3) is 0 Å². The Bertz CT molecular complexity index is 751. The van der Waals surface area contributed by atoms with E-state index in [-0.39, 0.29) is 0 Å². The molecular weight excluding hydrogens is 348 g/mol. The first-order valence-corrected chi connectivity index (χ1v) is 9.09. The molecule has 0 saturated carbocycles. The Balaban J connectivity index is 2.08. The van der Waals surface area contributed by atoms with Crippen molar-refractivity contribution >= 4 is 11.8 Å². The molecule has 0 heterocycles. The summed E-state index contributed by atoms with van der Waals surface area (Å²) in [5, 5.41) is 0. The van der Waals surface area contributed by atoms with Crippen LogP contribution in [0.5, 0.6) is 23.0 Å². The standard InChI is InChI=1S/C21H24O4S/c1-7-21(2,3)25-16-8-10-17(11-9-16)26-14-15-12-18(22-4)20(24-6)19(13-15)23-5/h1,8-13H,14H2,2-6H3. The molecule has 0 aromatic heterocycles. The summed E-state index contributed by atoms with van der Waals surface area (Å²) in [6.07, 6.45) is 5.46. The third kappa shape index (κ3) is 5.03. The number of terminal acetylenes is 1. The van der Waals surface area contributed by atoms with Gasteiger partial charge in [0.25, 0.3) is 0 Å². The largest absolute Gasteiger partial charge is 0.493 e.